The molecular weight excluding hydrogens is 245 g/mol. The molecule has 0 aliphatic heterocycles. The Balaban J connectivity index is 2.25. The van der Waals surface area contributed by atoms with E-state index in [2.05, 4.69) is 19.2 Å². The van der Waals surface area contributed by atoms with Crippen LogP contribution in [-0.2, 0) is 4.74 Å². The molecule has 19 heavy (non-hydrogen) atoms. The van der Waals surface area contributed by atoms with Gasteiger partial charge in [-0.2, -0.15) is 0 Å². The van der Waals surface area contributed by atoms with Gasteiger partial charge in [-0.05, 0) is 25.3 Å². The van der Waals surface area contributed by atoms with Gasteiger partial charge in [0.25, 0.3) is 0 Å². The second-order valence-corrected chi connectivity index (χ2v) is 5.18. The summed E-state index contributed by atoms with van der Waals surface area (Å²) in [5.74, 6) is 0.212. The molecule has 0 radical (unpaired) electrons. The van der Waals surface area contributed by atoms with Crippen LogP contribution < -0.4 is 5.32 Å². The monoisotopic (exact) mass is 269 g/mol. The van der Waals surface area contributed by atoms with Crippen molar-refractivity contribution in [2.75, 3.05) is 19.8 Å². The lowest BCUT2D eigenvalue weighted by Gasteiger charge is -2.15. The summed E-state index contributed by atoms with van der Waals surface area (Å²) in [5, 5.41) is 12.4. The van der Waals surface area contributed by atoms with Crippen LogP contribution in [0.15, 0.2) is 18.2 Å². The highest BCUT2D eigenvalue weighted by atomic mass is 19.1. The minimum absolute atomic E-state index is 0.0505. The summed E-state index contributed by atoms with van der Waals surface area (Å²) >= 11 is 0. The van der Waals surface area contributed by atoms with Crippen LogP contribution in [0.4, 0.5) is 4.39 Å². The lowest BCUT2D eigenvalue weighted by Crippen LogP contribution is -2.24. The average molecular weight is 269 g/mol. The zero-order valence-electron chi connectivity index (χ0n) is 11.9. The van der Waals surface area contributed by atoms with E-state index in [-0.39, 0.29) is 17.6 Å². The molecule has 0 spiro atoms. The van der Waals surface area contributed by atoms with Crippen LogP contribution in [0.2, 0.25) is 0 Å². The van der Waals surface area contributed by atoms with E-state index in [1.807, 2.05) is 6.92 Å². The zero-order chi connectivity index (χ0) is 14.3. The van der Waals surface area contributed by atoms with Crippen molar-refractivity contribution in [2.45, 2.75) is 33.2 Å². The Morgan fingerprint density at radius 1 is 1.26 bits per heavy atom. The van der Waals surface area contributed by atoms with E-state index in [4.69, 9.17) is 9.84 Å². The number of rotatable bonds is 8. The van der Waals surface area contributed by atoms with Crippen molar-refractivity contribution in [3.05, 3.63) is 29.6 Å². The van der Waals surface area contributed by atoms with Crippen molar-refractivity contribution < 1.29 is 14.2 Å². The molecule has 0 fully saturated rings. The van der Waals surface area contributed by atoms with Gasteiger partial charge in [0.1, 0.15) is 11.6 Å². The topological polar surface area (TPSA) is 41.5 Å². The minimum Gasteiger partial charge on any atom is -0.508 e. The van der Waals surface area contributed by atoms with E-state index in [1.165, 1.54) is 6.07 Å². The number of hydrogen-bond donors (Lipinski definition) is 2. The summed E-state index contributed by atoms with van der Waals surface area (Å²) in [4.78, 5) is 0. The number of ether oxygens (including phenoxy) is 1. The fourth-order valence-electron chi connectivity index (χ4n) is 1.75. The molecule has 0 saturated heterocycles. The van der Waals surface area contributed by atoms with E-state index in [0.29, 0.717) is 24.6 Å². The Morgan fingerprint density at radius 3 is 2.63 bits per heavy atom. The van der Waals surface area contributed by atoms with Crippen LogP contribution in [0.25, 0.3) is 0 Å². The Morgan fingerprint density at radius 2 is 2.00 bits per heavy atom. The number of hydrogen-bond acceptors (Lipinski definition) is 3. The first-order chi connectivity index (χ1) is 9.00. The molecule has 1 unspecified atom stereocenters. The third-order valence-corrected chi connectivity index (χ3v) is 2.99. The van der Waals surface area contributed by atoms with Crippen LogP contribution in [0.3, 0.4) is 0 Å². The number of nitrogens with one attached hydrogen (secondary N) is 1. The maximum absolute atomic E-state index is 13.6. The largest absolute Gasteiger partial charge is 0.508 e. The molecule has 0 aliphatic rings. The van der Waals surface area contributed by atoms with Gasteiger partial charge in [0, 0.05) is 30.8 Å². The van der Waals surface area contributed by atoms with Crippen LogP contribution in [0.5, 0.6) is 5.75 Å². The zero-order valence-corrected chi connectivity index (χ0v) is 11.9. The fourth-order valence-corrected chi connectivity index (χ4v) is 1.75. The molecule has 0 bridgehead atoms. The Hall–Kier alpha value is -1.13. The fraction of sp³-hybridized carbons (Fsp3) is 0.600. The minimum atomic E-state index is -0.388. The van der Waals surface area contributed by atoms with Crippen molar-refractivity contribution in [1.82, 2.24) is 5.32 Å². The van der Waals surface area contributed by atoms with Crippen molar-refractivity contribution in [1.29, 1.82) is 0 Å². The number of phenolic OH excluding ortho intramolecular Hbond substituents is 1. The predicted octanol–water partition coefficient (Wildman–Crippen LogP) is 3.24. The van der Waals surface area contributed by atoms with Gasteiger partial charge in [0.2, 0.25) is 0 Å². The van der Waals surface area contributed by atoms with Crippen LogP contribution in [0, 0.1) is 11.7 Å². The van der Waals surface area contributed by atoms with E-state index in [1.54, 1.807) is 6.07 Å². The molecule has 1 aromatic carbocycles. The lowest BCUT2D eigenvalue weighted by atomic mass is 10.1. The van der Waals surface area contributed by atoms with Gasteiger partial charge < -0.3 is 15.2 Å². The molecular formula is C15H24FNO2. The summed E-state index contributed by atoms with van der Waals surface area (Å²) in [5.41, 5.74) is 0.556. The first-order valence-electron chi connectivity index (χ1n) is 6.80. The van der Waals surface area contributed by atoms with E-state index >= 15 is 0 Å². The Kier molecular flexibility index (Phi) is 6.81. The summed E-state index contributed by atoms with van der Waals surface area (Å²) in [7, 11) is 0. The number of phenols is 1. The highest BCUT2D eigenvalue weighted by molar-refractivity contribution is 5.29. The van der Waals surface area contributed by atoms with Gasteiger partial charge in [0.05, 0.1) is 6.61 Å². The molecule has 1 rings (SSSR count). The third kappa shape index (κ3) is 6.03. The van der Waals surface area contributed by atoms with E-state index in [9.17, 15) is 4.39 Å². The molecule has 1 aromatic rings. The van der Waals surface area contributed by atoms with Gasteiger partial charge in [-0.25, -0.2) is 4.39 Å². The molecule has 0 heterocycles. The third-order valence-electron chi connectivity index (χ3n) is 2.99. The van der Waals surface area contributed by atoms with Crippen molar-refractivity contribution in [2.24, 2.45) is 5.92 Å². The molecule has 0 saturated carbocycles. The first kappa shape index (κ1) is 15.9. The smallest absolute Gasteiger partial charge is 0.131 e. The second-order valence-electron chi connectivity index (χ2n) is 5.18. The summed E-state index contributed by atoms with van der Waals surface area (Å²) in [6, 6.07) is 4.12. The quantitative estimate of drug-likeness (QED) is 0.712. The standard InChI is InChI=1S/C15H24FNO2/c1-11(2)6-8-19-9-7-17-12(3)14-5-4-13(18)10-15(14)16/h4-5,10-12,17-18H,6-9H2,1-3H3. The van der Waals surface area contributed by atoms with Crippen molar-refractivity contribution in [3.63, 3.8) is 0 Å². The van der Waals surface area contributed by atoms with E-state index < -0.39 is 0 Å². The molecule has 4 heteroatoms. The molecule has 0 amide bonds. The first-order valence-corrected chi connectivity index (χ1v) is 6.80. The van der Waals surface area contributed by atoms with Gasteiger partial charge >= 0.3 is 0 Å². The highest BCUT2D eigenvalue weighted by Gasteiger charge is 2.10. The normalized spacial score (nSPS) is 12.9. The Bertz CT molecular complexity index is 382. The number of benzene rings is 1. The average Bonchev–Trinajstić information content (AvgIpc) is 2.32. The van der Waals surface area contributed by atoms with Crippen molar-refractivity contribution in [3.8, 4) is 5.75 Å². The summed E-state index contributed by atoms with van der Waals surface area (Å²) in [6.07, 6.45) is 1.06. The number of aromatic hydroxyl groups is 1. The molecule has 1 atom stereocenters. The number of halogens is 1. The molecule has 0 aliphatic carbocycles. The van der Waals surface area contributed by atoms with Crippen LogP contribution in [-0.4, -0.2) is 24.9 Å². The van der Waals surface area contributed by atoms with Crippen LogP contribution >= 0.6 is 0 Å². The second kappa shape index (κ2) is 8.12. The van der Waals surface area contributed by atoms with Crippen molar-refractivity contribution >= 4 is 0 Å². The molecule has 0 aromatic heterocycles. The maximum Gasteiger partial charge on any atom is 0.131 e. The predicted molar refractivity (Wildman–Crippen MR) is 74.8 cm³/mol. The van der Waals surface area contributed by atoms with Gasteiger partial charge in [0.15, 0.2) is 0 Å². The van der Waals surface area contributed by atoms with Gasteiger partial charge in [-0.3, -0.25) is 0 Å². The Labute approximate surface area is 114 Å². The maximum atomic E-state index is 13.6. The molecule has 3 nitrogen and oxygen atoms in total. The SMILES string of the molecule is CC(C)CCOCCNC(C)c1ccc(O)cc1F. The highest BCUT2D eigenvalue weighted by Crippen LogP contribution is 2.20. The summed E-state index contributed by atoms with van der Waals surface area (Å²) in [6.45, 7) is 8.29. The molecule has 108 valence electrons. The van der Waals surface area contributed by atoms with E-state index in [0.717, 1.165) is 19.1 Å². The van der Waals surface area contributed by atoms with Gasteiger partial charge in [-0.15, -0.1) is 0 Å². The summed E-state index contributed by atoms with van der Waals surface area (Å²) < 4.78 is 19.1. The van der Waals surface area contributed by atoms with Gasteiger partial charge in [-0.1, -0.05) is 19.9 Å². The van der Waals surface area contributed by atoms with Crippen LogP contribution in [0.1, 0.15) is 38.8 Å². The molecule has 2 N–H and O–H groups in total. The lowest BCUT2D eigenvalue weighted by molar-refractivity contribution is 0.123.